The molecule has 9 N–H and O–H groups in total. The molecule has 0 spiro atoms. The van der Waals surface area contributed by atoms with Crippen LogP contribution in [0.3, 0.4) is 0 Å². The molecule has 1 aliphatic rings. The summed E-state index contributed by atoms with van der Waals surface area (Å²) in [4.78, 5) is 202. The molecule has 13 amide bonds. The van der Waals surface area contributed by atoms with Crippen LogP contribution in [-0.2, 0) is 76.6 Å². The van der Waals surface area contributed by atoms with Gasteiger partial charge in [0.2, 0.25) is 76.8 Å². The fraction of sp³-hybridized carbons (Fsp3) is 0.794. The summed E-state index contributed by atoms with van der Waals surface area (Å²) in [6.45, 7) is 30.1. The molecule has 1 saturated heterocycles. The molecule has 1 heterocycles. The van der Waals surface area contributed by atoms with Crippen LogP contribution in [0.2, 0.25) is 0 Å². The molecule has 0 aromatic heterocycles. The molecule has 554 valence electrons. The fourth-order valence-corrected chi connectivity index (χ4v) is 11.4. The summed E-state index contributed by atoms with van der Waals surface area (Å²) in [5, 5.41) is 24.4. The van der Waals surface area contributed by atoms with Crippen molar-refractivity contribution in [2.24, 2.45) is 47.3 Å². The van der Waals surface area contributed by atoms with E-state index in [4.69, 9.17) is 9.47 Å². The van der Waals surface area contributed by atoms with Crippen LogP contribution >= 0.6 is 0 Å². The summed E-state index contributed by atoms with van der Waals surface area (Å²) >= 11 is 0. The molecule has 1 fully saturated rings. The molecule has 0 saturated carbocycles. The highest BCUT2D eigenvalue weighted by molar-refractivity contribution is 6.01. The Hall–Kier alpha value is -7.30. The molecular weight excluding hydrogens is 1250 g/mol. The molecule has 0 aromatic rings. The third-order valence-electron chi connectivity index (χ3n) is 17.5. The number of carbonyl (C=O) groups is 14. The first-order valence-corrected chi connectivity index (χ1v) is 34.5. The van der Waals surface area contributed by atoms with Gasteiger partial charge in [0, 0.05) is 74.2 Å². The van der Waals surface area contributed by atoms with Crippen LogP contribution in [0.15, 0.2) is 0 Å². The number of esters is 1. The number of imide groups is 1. The molecule has 29 heteroatoms. The minimum absolute atomic E-state index is 0.0415. The average Bonchev–Trinajstić information content (AvgIpc) is 0.836. The highest BCUT2D eigenvalue weighted by atomic mass is 16.5. The van der Waals surface area contributed by atoms with E-state index in [0.717, 1.165) is 4.90 Å². The number of hydrogen-bond acceptors (Lipinski definition) is 17. The van der Waals surface area contributed by atoms with E-state index in [2.05, 4.69) is 47.9 Å². The second kappa shape index (κ2) is 42.5. The van der Waals surface area contributed by atoms with Crippen LogP contribution in [0.5, 0.6) is 0 Å². The summed E-state index contributed by atoms with van der Waals surface area (Å²) in [7, 11) is 6.95. The van der Waals surface area contributed by atoms with Crippen LogP contribution in [0.1, 0.15) is 176 Å². The number of ether oxygens (including phenoxy) is 2. The number of rotatable bonds is 20. The van der Waals surface area contributed by atoms with Gasteiger partial charge in [0.1, 0.15) is 67.1 Å². The highest BCUT2D eigenvalue weighted by Crippen LogP contribution is 2.22. The standard InChI is InChI=1S/C68H121N13O16/c1-24-42(15)54-66(93)79(20)56(40(11)12)67(94)78(19)44(17)59(86)76-51(84)26-29-69-47(33-37(5)6)64(91)80(21)57(41(13)14)68(95)97-45(18)55(77-60(87)46(32-36(3)4)73-62(89)53(39(9)10)75-52(85)35-96-23)61(88)70-30-27-49(82)72-48(34-38(7)8)65(92)81(22)58(43(16)25-2)63(90)71-31-28-50(83)74-54/h36-48,53-58,69H,24-35H2,1-23H3,(H,70,88)(H,71,90)(H,72,82)(H,73,89)(H,74,83)(H,75,85)(H,77,87)(H,76,84,86). The number of methoxy groups -OCH3 is 1. The Morgan fingerprint density at radius 2 is 1.04 bits per heavy atom. The topological polar surface area (TPSA) is 379 Å². The maximum atomic E-state index is 14.6. The zero-order valence-corrected chi connectivity index (χ0v) is 62.3. The van der Waals surface area contributed by atoms with Crippen molar-refractivity contribution in [1.82, 2.24) is 67.5 Å². The third kappa shape index (κ3) is 28.2. The second-order valence-electron chi connectivity index (χ2n) is 28.3. The zero-order chi connectivity index (χ0) is 74.6. The van der Waals surface area contributed by atoms with E-state index in [0.29, 0.717) is 12.8 Å². The van der Waals surface area contributed by atoms with Gasteiger partial charge in [0.15, 0.2) is 0 Å². The van der Waals surface area contributed by atoms with Crippen molar-refractivity contribution in [2.45, 2.75) is 243 Å². The van der Waals surface area contributed by atoms with Gasteiger partial charge in [-0.25, -0.2) is 4.79 Å². The minimum Gasteiger partial charge on any atom is -0.458 e. The molecule has 0 bridgehead atoms. The summed E-state index contributed by atoms with van der Waals surface area (Å²) in [6.07, 6.45) is -1.22. The van der Waals surface area contributed by atoms with Crippen molar-refractivity contribution in [3.63, 3.8) is 0 Å². The molecule has 97 heavy (non-hydrogen) atoms. The Labute approximate surface area is 576 Å². The van der Waals surface area contributed by atoms with E-state index in [1.807, 2.05) is 41.5 Å². The maximum Gasteiger partial charge on any atom is 0.329 e. The molecule has 0 aliphatic carbocycles. The van der Waals surface area contributed by atoms with Crippen LogP contribution in [0.4, 0.5) is 0 Å². The van der Waals surface area contributed by atoms with Crippen molar-refractivity contribution in [2.75, 3.05) is 61.5 Å². The number of nitrogens with zero attached hydrogens (tertiary/aromatic N) is 4. The summed E-state index contributed by atoms with van der Waals surface area (Å²) in [5.41, 5.74) is 0. The van der Waals surface area contributed by atoms with E-state index < -0.39 is 185 Å². The number of cyclic esters (lactones) is 1. The molecule has 0 aromatic carbocycles. The van der Waals surface area contributed by atoms with Gasteiger partial charge in [-0.1, -0.05) is 124 Å². The smallest absolute Gasteiger partial charge is 0.329 e. The monoisotopic (exact) mass is 1380 g/mol. The molecule has 13 unspecified atom stereocenters. The lowest BCUT2D eigenvalue weighted by atomic mass is 9.94. The Morgan fingerprint density at radius 3 is 1.55 bits per heavy atom. The van der Waals surface area contributed by atoms with Crippen LogP contribution in [-0.4, -0.2) is 230 Å². The predicted octanol–water partition coefficient (Wildman–Crippen LogP) is 1.53. The van der Waals surface area contributed by atoms with Crippen molar-refractivity contribution in [3.8, 4) is 0 Å². The molecule has 29 nitrogen and oxygen atoms in total. The Bertz CT molecular complexity index is 2670. The predicted molar refractivity (Wildman–Crippen MR) is 366 cm³/mol. The van der Waals surface area contributed by atoms with Gasteiger partial charge in [-0.2, -0.15) is 0 Å². The van der Waals surface area contributed by atoms with Gasteiger partial charge in [-0.05, 0) is 80.5 Å². The molecule has 1 aliphatic heterocycles. The van der Waals surface area contributed by atoms with E-state index >= 15 is 0 Å². The molecule has 0 radical (unpaired) electrons. The van der Waals surface area contributed by atoms with E-state index in [-0.39, 0.29) is 76.1 Å². The third-order valence-corrected chi connectivity index (χ3v) is 17.5. The summed E-state index contributed by atoms with van der Waals surface area (Å²) in [6, 6.07) is -12.2. The first-order valence-electron chi connectivity index (χ1n) is 34.5. The zero-order valence-electron chi connectivity index (χ0n) is 62.3. The molecule has 1 rings (SSSR count). The lowest BCUT2D eigenvalue weighted by Gasteiger charge is -2.37. The number of amides is 13. The van der Waals surface area contributed by atoms with Crippen molar-refractivity contribution < 1.29 is 76.6 Å². The van der Waals surface area contributed by atoms with Gasteiger partial charge in [0.25, 0.3) is 0 Å². The second-order valence-corrected chi connectivity index (χ2v) is 28.3. The Balaban J connectivity index is 4.10. The largest absolute Gasteiger partial charge is 0.458 e. The van der Waals surface area contributed by atoms with Crippen molar-refractivity contribution >= 4 is 82.8 Å². The van der Waals surface area contributed by atoms with Gasteiger partial charge >= 0.3 is 5.97 Å². The van der Waals surface area contributed by atoms with E-state index in [1.165, 1.54) is 63.8 Å². The molecule has 13 atom stereocenters. The highest BCUT2D eigenvalue weighted by Gasteiger charge is 2.42. The van der Waals surface area contributed by atoms with Gasteiger partial charge in [-0.3, -0.25) is 67.6 Å². The lowest BCUT2D eigenvalue weighted by molar-refractivity contribution is -0.163. The van der Waals surface area contributed by atoms with Crippen LogP contribution < -0.4 is 47.9 Å². The summed E-state index contributed by atoms with van der Waals surface area (Å²) < 4.78 is 11.0. The number of nitrogens with one attached hydrogen (secondary N) is 9. The van der Waals surface area contributed by atoms with Gasteiger partial charge < -0.3 is 71.6 Å². The first-order chi connectivity index (χ1) is 45.1. The van der Waals surface area contributed by atoms with E-state index in [9.17, 15) is 67.1 Å². The average molecular weight is 1380 g/mol. The van der Waals surface area contributed by atoms with Gasteiger partial charge in [0.05, 0.1) is 6.04 Å². The maximum absolute atomic E-state index is 14.6. The number of hydrogen-bond donors (Lipinski definition) is 9. The van der Waals surface area contributed by atoms with Crippen molar-refractivity contribution in [3.05, 3.63) is 0 Å². The van der Waals surface area contributed by atoms with Gasteiger partial charge in [-0.15, -0.1) is 0 Å². The normalized spacial score (nSPS) is 24.9. The Morgan fingerprint density at radius 1 is 0.546 bits per heavy atom. The summed E-state index contributed by atoms with van der Waals surface area (Å²) in [5.74, 6) is -12.8. The first kappa shape index (κ1) is 87.7. The van der Waals surface area contributed by atoms with Crippen LogP contribution in [0, 0.1) is 47.3 Å². The van der Waals surface area contributed by atoms with E-state index in [1.54, 1.807) is 69.2 Å². The lowest BCUT2D eigenvalue weighted by Crippen LogP contribution is -2.61. The fourth-order valence-electron chi connectivity index (χ4n) is 11.4. The van der Waals surface area contributed by atoms with Crippen LogP contribution in [0.25, 0.3) is 0 Å². The molecular formula is C68H121N13O16. The number of likely N-dealkylation sites (N-methyl/N-ethyl adjacent to an activating group) is 4. The quantitative estimate of drug-likeness (QED) is 0.0616. The number of carbonyl (C=O) groups excluding carboxylic acids is 14. The SMILES string of the molecule is CCC(C)C1NC(=O)CCNC(=O)C(C(C)CC)N(C)C(=O)C(CC(C)C)NC(=O)CCNC(=O)C(NC(=O)C(CC(C)C)NC(=O)C(NC(=O)COC)C(C)C)C(C)OC(=O)C(C(C)C)N(C)C(=O)C(CC(C)C)NCCC(=O)NC(=O)C(C)N(C)C(=O)C(C(C)C)N(C)C1=O. The van der Waals surface area contributed by atoms with Crippen molar-refractivity contribution in [1.29, 1.82) is 0 Å². The Kier molecular flexibility index (Phi) is 38.4. The minimum atomic E-state index is -1.72.